The maximum absolute atomic E-state index is 11.6. The van der Waals surface area contributed by atoms with Crippen molar-refractivity contribution >= 4 is 11.9 Å². The fourth-order valence-corrected chi connectivity index (χ4v) is 2.25. The summed E-state index contributed by atoms with van der Waals surface area (Å²) >= 11 is 0. The molecular formula is C12H19NO4. The molecule has 0 aromatic rings. The molecule has 0 radical (unpaired) electrons. The molecule has 0 aliphatic carbocycles. The van der Waals surface area contributed by atoms with E-state index in [0.717, 1.165) is 5.57 Å². The van der Waals surface area contributed by atoms with E-state index in [1.54, 1.807) is 0 Å². The Labute approximate surface area is 101 Å². The molecule has 1 aliphatic rings. The smallest absolute Gasteiger partial charge is 0.323 e. The van der Waals surface area contributed by atoms with Gasteiger partial charge in [-0.2, -0.15) is 0 Å². The van der Waals surface area contributed by atoms with Crippen LogP contribution in [0.15, 0.2) is 12.2 Å². The van der Waals surface area contributed by atoms with Crippen molar-refractivity contribution in [2.24, 2.45) is 11.8 Å². The number of nitrogens with one attached hydrogen (secondary N) is 1. The summed E-state index contributed by atoms with van der Waals surface area (Å²) in [5.74, 6) is -0.716. The summed E-state index contributed by atoms with van der Waals surface area (Å²) in [6.45, 7) is 6.43. The maximum atomic E-state index is 11.6. The Morgan fingerprint density at radius 1 is 1.35 bits per heavy atom. The van der Waals surface area contributed by atoms with E-state index in [4.69, 9.17) is 4.74 Å². The summed E-state index contributed by atoms with van der Waals surface area (Å²) < 4.78 is 9.38. The zero-order chi connectivity index (χ0) is 13.0. The highest BCUT2D eigenvalue weighted by molar-refractivity contribution is 5.78. The molecule has 0 spiro atoms. The third kappa shape index (κ3) is 3.06. The number of esters is 2. The van der Waals surface area contributed by atoms with Gasteiger partial charge in [-0.15, -0.1) is 0 Å². The molecule has 0 aromatic heterocycles. The van der Waals surface area contributed by atoms with Crippen molar-refractivity contribution in [3.05, 3.63) is 12.2 Å². The Morgan fingerprint density at radius 2 is 2.00 bits per heavy atom. The van der Waals surface area contributed by atoms with Crippen molar-refractivity contribution in [3.8, 4) is 0 Å². The zero-order valence-electron chi connectivity index (χ0n) is 10.5. The van der Waals surface area contributed by atoms with Gasteiger partial charge in [0.2, 0.25) is 0 Å². The van der Waals surface area contributed by atoms with Crippen molar-refractivity contribution in [1.29, 1.82) is 0 Å². The van der Waals surface area contributed by atoms with E-state index >= 15 is 0 Å². The second-order valence-electron chi connectivity index (χ2n) is 4.31. The van der Waals surface area contributed by atoms with Crippen molar-refractivity contribution in [2.75, 3.05) is 20.8 Å². The van der Waals surface area contributed by atoms with Crippen LogP contribution in [0.2, 0.25) is 0 Å². The Hall–Kier alpha value is -1.36. The molecule has 1 saturated heterocycles. The molecule has 1 aliphatic heterocycles. The molecule has 0 saturated carbocycles. The number of rotatable bonds is 4. The second kappa shape index (κ2) is 5.82. The highest BCUT2D eigenvalue weighted by atomic mass is 16.5. The maximum Gasteiger partial charge on any atom is 0.323 e. The van der Waals surface area contributed by atoms with E-state index in [9.17, 15) is 9.59 Å². The van der Waals surface area contributed by atoms with Gasteiger partial charge in [-0.1, -0.05) is 12.2 Å². The minimum atomic E-state index is -0.458. The molecule has 0 unspecified atom stereocenters. The van der Waals surface area contributed by atoms with Crippen molar-refractivity contribution in [1.82, 2.24) is 5.32 Å². The SMILES string of the molecule is C=C(C)[C@H]1CN[C@@H](C(=O)OC)[C@H]1CC(=O)OC. The molecule has 5 heteroatoms. The van der Waals surface area contributed by atoms with Gasteiger partial charge < -0.3 is 14.8 Å². The Balaban J connectivity index is 2.82. The zero-order valence-corrected chi connectivity index (χ0v) is 10.5. The van der Waals surface area contributed by atoms with Gasteiger partial charge in [0.25, 0.3) is 0 Å². The predicted octanol–water partition coefficient (Wildman–Crippen LogP) is 0.503. The summed E-state index contributed by atoms with van der Waals surface area (Å²) in [7, 11) is 2.68. The van der Waals surface area contributed by atoms with Crippen LogP contribution >= 0.6 is 0 Å². The molecule has 3 atom stereocenters. The van der Waals surface area contributed by atoms with Crippen molar-refractivity contribution in [3.63, 3.8) is 0 Å². The van der Waals surface area contributed by atoms with E-state index in [1.165, 1.54) is 14.2 Å². The Bertz CT molecular complexity index is 326. The van der Waals surface area contributed by atoms with Gasteiger partial charge in [-0.3, -0.25) is 9.59 Å². The van der Waals surface area contributed by atoms with E-state index in [0.29, 0.717) is 6.54 Å². The number of carbonyl (C=O) groups excluding carboxylic acids is 2. The molecule has 1 N–H and O–H groups in total. The van der Waals surface area contributed by atoms with Crippen LogP contribution in [0.1, 0.15) is 13.3 Å². The Kier molecular flexibility index (Phi) is 4.69. The molecule has 0 aromatic carbocycles. The lowest BCUT2D eigenvalue weighted by atomic mass is 9.84. The van der Waals surface area contributed by atoms with Crippen LogP contribution in [0, 0.1) is 11.8 Å². The summed E-state index contributed by atoms with van der Waals surface area (Å²) in [6.07, 6.45) is 0.195. The summed E-state index contributed by atoms with van der Waals surface area (Å²) in [5.41, 5.74) is 0.956. The van der Waals surface area contributed by atoms with E-state index in [1.807, 2.05) is 6.92 Å². The second-order valence-corrected chi connectivity index (χ2v) is 4.31. The molecule has 5 nitrogen and oxygen atoms in total. The predicted molar refractivity (Wildman–Crippen MR) is 62.2 cm³/mol. The first-order valence-corrected chi connectivity index (χ1v) is 5.54. The van der Waals surface area contributed by atoms with Crippen molar-refractivity contribution < 1.29 is 19.1 Å². The number of carbonyl (C=O) groups is 2. The topological polar surface area (TPSA) is 64.6 Å². The summed E-state index contributed by atoms with van der Waals surface area (Å²) in [5, 5.41) is 3.08. The number of hydrogen-bond donors (Lipinski definition) is 1. The largest absolute Gasteiger partial charge is 0.469 e. The van der Waals surface area contributed by atoms with Crippen LogP contribution < -0.4 is 5.32 Å². The molecule has 1 rings (SSSR count). The van der Waals surface area contributed by atoms with Crippen molar-refractivity contribution in [2.45, 2.75) is 19.4 Å². The third-order valence-corrected chi connectivity index (χ3v) is 3.22. The first-order valence-electron chi connectivity index (χ1n) is 5.54. The first kappa shape index (κ1) is 13.7. The Morgan fingerprint density at radius 3 is 2.47 bits per heavy atom. The van der Waals surface area contributed by atoms with Gasteiger partial charge in [0.05, 0.1) is 20.6 Å². The van der Waals surface area contributed by atoms with E-state index in [2.05, 4.69) is 16.6 Å². The van der Waals surface area contributed by atoms with Gasteiger partial charge in [0.15, 0.2) is 0 Å². The van der Waals surface area contributed by atoms with Gasteiger partial charge in [-0.05, 0) is 12.8 Å². The highest BCUT2D eigenvalue weighted by Crippen LogP contribution is 2.31. The standard InChI is InChI=1S/C12H19NO4/c1-7(2)9-6-13-11(12(15)17-4)8(9)5-10(14)16-3/h8-9,11,13H,1,5-6H2,2-4H3/t8-,9+,11+/m0/s1. The average molecular weight is 241 g/mol. The van der Waals surface area contributed by atoms with Gasteiger partial charge in [0, 0.05) is 12.5 Å². The number of hydrogen-bond acceptors (Lipinski definition) is 5. The van der Waals surface area contributed by atoms with Crippen LogP contribution in [0.3, 0.4) is 0 Å². The molecular weight excluding hydrogens is 222 g/mol. The van der Waals surface area contributed by atoms with Crippen LogP contribution in [0.4, 0.5) is 0 Å². The highest BCUT2D eigenvalue weighted by Gasteiger charge is 2.42. The quantitative estimate of drug-likeness (QED) is 0.573. The number of ether oxygens (including phenoxy) is 2. The lowest BCUT2D eigenvalue weighted by Gasteiger charge is -2.21. The van der Waals surface area contributed by atoms with Crippen LogP contribution in [-0.4, -0.2) is 38.7 Å². The third-order valence-electron chi connectivity index (χ3n) is 3.22. The van der Waals surface area contributed by atoms with E-state index in [-0.39, 0.29) is 30.2 Å². The summed E-state index contributed by atoms with van der Waals surface area (Å²) in [6, 6.07) is -0.458. The number of methoxy groups -OCH3 is 2. The van der Waals surface area contributed by atoms with Crippen LogP contribution in [0.25, 0.3) is 0 Å². The van der Waals surface area contributed by atoms with Gasteiger partial charge in [0.1, 0.15) is 6.04 Å². The molecule has 0 bridgehead atoms. The molecule has 17 heavy (non-hydrogen) atoms. The van der Waals surface area contributed by atoms with Gasteiger partial charge >= 0.3 is 11.9 Å². The molecule has 1 heterocycles. The minimum absolute atomic E-state index is 0.0956. The minimum Gasteiger partial charge on any atom is -0.469 e. The van der Waals surface area contributed by atoms with Crippen LogP contribution in [0.5, 0.6) is 0 Å². The monoisotopic (exact) mass is 241 g/mol. The fraction of sp³-hybridized carbons (Fsp3) is 0.667. The summed E-state index contributed by atoms with van der Waals surface area (Å²) in [4.78, 5) is 23.0. The lowest BCUT2D eigenvalue weighted by Crippen LogP contribution is -2.38. The molecule has 0 amide bonds. The van der Waals surface area contributed by atoms with E-state index < -0.39 is 6.04 Å². The first-order chi connectivity index (χ1) is 8.01. The lowest BCUT2D eigenvalue weighted by molar-refractivity contribution is -0.146. The molecule has 1 fully saturated rings. The molecule has 96 valence electrons. The fourth-order valence-electron chi connectivity index (χ4n) is 2.25. The van der Waals surface area contributed by atoms with Crippen LogP contribution in [-0.2, 0) is 19.1 Å². The normalized spacial score (nSPS) is 27.6. The average Bonchev–Trinajstić information content (AvgIpc) is 2.71. The van der Waals surface area contributed by atoms with Gasteiger partial charge in [-0.25, -0.2) is 0 Å².